The van der Waals surface area contributed by atoms with Gasteiger partial charge < -0.3 is 9.88 Å². The average molecular weight is 447 g/mol. The summed E-state index contributed by atoms with van der Waals surface area (Å²) in [7, 11) is 3.99. The molecule has 0 unspecified atom stereocenters. The van der Waals surface area contributed by atoms with E-state index in [2.05, 4.69) is 56.3 Å². The van der Waals surface area contributed by atoms with Crippen LogP contribution < -0.4 is 4.90 Å². The highest BCUT2D eigenvalue weighted by atomic mass is 15.2. The molecule has 6 aromatic rings. The number of pyridine rings is 3. The van der Waals surface area contributed by atoms with E-state index in [0.717, 1.165) is 50.3 Å². The Morgan fingerprint density at radius 3 is 2.56 bits per heavy atom. The van der Waals surface area contributed by atoms with Crippen molar-refractivity contribution in [3.63, 3.8) is 0 Å². The van der Waals surface area contributed by atoms with Crippen molar-refractivity contribution in [1.82, 2.24) is 35.1 Å². The minimum absolute atomic E-state index is 0.646. The molecule has 2 N–H and O–H groups in total. The van der Waals surface area contributed by atoms with Gasteiger partial charge >= 0.3 is 0 Å². The monoisotopic (exact) mass is 446 g/mol. The molecule has 5 aromatic heterocycles. The molecule has 0 aliphatic heterocycles. The summed E-state index contributed by atoms with van der Waals surface area (Å²) < 4.78 is 0. The number of rotatable bonds is 4. The third kappa shape index (κ3) is 3.36. The summed E-state index contributed by atoms with van der Waals surface area (Å²) in [5, 5.41) is 7.61. The van der Waals surface area contributed by atoms with Crippen molar-refractivity contribution in [2.75, 3.05) is 19.0 Å². The molecule has 0 fully saturated rings. The van der Waals surface area contributed by atoms with Crippen LogP contribution in [0.1, 0.15) is 5.56 Å². The minimum atomic E-state index is 0.646. The number of H-pyrrole nitrogens is 2. The lowest BCUT2D eigenvalue weighted by Gasteiger charge is -2.12. The minimum Gasteiger partial charge on any atom is -0.376 e. The molecule has 0 amide bonds. The van der Waals surface area contributed by atoms with Crippen LogP contribution in [0, 0.1) is 6.92 Å². The quantitative estimate of drug-likeness (QED) is 0.395. The molecule has 8 nitrogen and oxygen atoms in total. The van der Waals surface area contributed by atoms with Gasteiger partial charge in [0.05, 0.1) is 34.3 Å². The Hall–Kier alpha value is -4.59. The largest absolute Gasteiger partial charge is 0.376 e. The zero-order valence-corrected chi connectivity index (χ0v) is 19.0. The Labute approximate surface area is 195 Å². The van der Waals surface area contributed by atoms with Crippen molar-refractivity contribution in [3.8, 4) is 34.0 Å². The highest BCUT2D eigenvalue weighted by Gasteiger charge is 2.17. The molecule has 0 radical (unpaired) electrons. The van der Waals surface area contributed by atoms with E-state index in [1.54, 1.807) is 6.20 Å². The standard InChI is InChI=1S/C26H22N8/c1-15-5-4-6-16(11-15)22-23-20(9-10-28-22)30-26(31-23)25-24-21(32-33-25)8-7-19(29-24)17-12-18(34(2)3)14-27-13-17/h4-14H,1-3H3,(H,30,31)(H,32,33). The second-order valence-corrected chi connectivity index (χ2v) is 8.50. The van der Waals surface area contributed by atoms with Crippen molar-refractivity contribution in [2.24, 2.45) is 0 Å². The lowest BCUT2D eigenvalue weighted by atomic mass is 10.1. The molecule has 6 rings (SSSR count). The van der Waals surface area contributed by atoms with Gasteiger partial charge in [-0.15, -0.1) is 0 Å². The van der Waals surface area contributed by atoms with Crippen LogP contribution in [0.5, 0.6) is 0 Å². The molecular weight excluding hydrogens is 424 g/mol. The molecule has 1 aromatic carbocycles. The third-order valence-electron chi connectivity index (χ3n) is 5.86. The molecule has 0 aliphatic rings. The number of nitrogens with zero attached hydrogens (tertiary/aromatic N) is 6. The van der Waals surface area contributed by atoms with Gasteiger partial charge in [-0.1, -0.05) is 23.8 Å². The Morgan fingerprint density at radius 1 is 0.824 bits per heavy atom. The lowest BCUT2D eigenvalue weighted by molar-refractivity contribution is 1.10. The summed E-state index contributed by atoms with van der Waals surface area (Å²) in [5.74, 6) is 0.646. The zero-order valence-electron chi connectivity index (χ0n) is 19.0. The Morgan fingerprint density at radius 2 is 1.71 bits per heavy atom. The zero-order chi connectivity index (χ0) is 23.2. The predicted molar refractivity (Wildman–Crippen MR) is 135 cm³/mol. The molecular formula is C26H22N8. The number of benzene rings is 1. The molecule has 0 bridgehead atoms. The first-order valence-electron chi connectivity index (χ1n) is 11.0. The number of hydrogen-bond donors (Lipinski definition) is 2. The molecule has 34 heavy (non-hydrogen) atoms. The number of fused-ring (bicyclic) bond motifs is 2. The van der Waals surface area contributed by atoms with E-state index in [-0.39, 0.29) is 0 Å². The fourth-order valence-corrected chi connectivity index (χ4v) is 4.09. The fraction of sp³-hybridized carbons (Fsp3) is 0.115. The molecule has 8 heteroatoms. The first-order valence-corrected chi connectivity index (χ1v) is 11.0. The van der Waals surface area contributed by atoms with Crippen LogP contribution in [-0.4, -0.2) is 49.2 Å². The summed E-state index contributed by atoms with van der Waals surface area (Å²) in [5.41, 5.74) is 9.78. The average Bonchev–Trinajstić information content (AvgIpc) is 3.47. The van der Waals surface area contributed by atoms with Crippen molar-refractivity contribution in [2.45, 2.75) is 6.92 Å². The molecule has 166 valence electrons. The second-order valence-electron chi connectivity index (χ2n) is 8.50. The number of aromatic nitrogens is 7. The van der Waals surface area contributed by atoms with E-state index >= 15 is 0 Å². The van der Waals surface area contributed by atoms with Crippen LogP contribution >= 0.6 is 0 Å². The summed E-state index contributed by atoms with van der Waals surface area (Å²) in [6.07, 6.45) is 5.45. The highest BCUT2D eigenvalue weighted by molar-refractivity contribution is 5.95. The molecule has 5 heterocycles. The normalized spacial score (nSPS) is 11.4. The maximum absolute atomic E-state index is 4.92. The van der Waals surface area contributed by atoms with E-state index < -0.39 is 0 Å². The van der Waals surface area contributed by atoms with Crippen LogP contribution in [0.25, 0.3) is 56.1 Å². The predicted octanol–water partition coefficient (Wildman–Crippen LogP) is 5.00. The van der Waals surface area contributed by atoms with Crippen LogP contribution in [0.4, 0.5) is 5.69 Å². The SMILES string of the molecule is Cc1cccc(-c2nccc3[nH]c(-c4n[nH]c5ccc(-c6cncc(N(C)C)c6)nc45)nc23)c1. The Kier molecular flexibility index (Phi) is 4.58. The lowest BCUT2D eigenvalue weighted by Crippen LogP contribution is -2.08. The molecule has 0 saturated heterocycles. The number of aryl methyl sites for hydroxylation is 1. The maximum Gasteiger partial charge on any atom is 0.161 e. The van der Waals surface area contributed by atoms with Gasteiger partial charge in [0.1, 0.15) is 11.0 Å². The van der Waals surface area contributed by atoms with Crippen LogP contribution in [0.15, 0.2) is 67.1 Å². The van der Waals surface area contributed by atoms with Crippen molar-refractivity contribution >= 4 is 27.8 Å². The molecule has 0 aliphatic carbocycles. The Balaban J connectivity index is 1.48. The Bertz CT molecular complexity index is 1660. The van der Waals surface area contributed by atoms with Crippen molar-refractivity contribution < 1.29 is 0 Å². The number of nitrogens with one attached hydrogen (secondary N) is 2. The van der Waals surface area contributed by atoms with Gasteiger partial charge in [0, 0.05) is 37.6 Å². The van der Waals surface area contributed by atoms with Crippen LogP contribution in [0.3, 0.4) is 0 Å². The first-order chi connectivity index (χ1) is 16.6. The first kappa shape index (κ1) is 20.0. The molecule has 0 atom stereocenters. The summed E-state index contributed by atoms with van der Waals surface area (Å²) in [6.45, 7) is 2.07. The topological polar surface area (TPSA) is 99.3 Å². The third-order valence-corrected chi connectivity index (χ3v) is 5.86. The summed E-state index contributed by atoms with van der Waals surface area (Å²) >= 11 is 0. The maximum atomic E-state index is 4.92. The molecule has 0 spiro atoms. The summed E-state index contributed by atoms with van der Waals surface area (Å²) in [6, 6.07) is 16.2. The van der Waals surface area contributed by atoms with E-state index in [9.17, 15) is 0 Å². The highest BCUT2D eigenvalue weighted by Crippen LogP contribution is 2.31. The second kappa shape index (κ2) is 7.77. The van der Waals surface area contributed by atoms with E-state index in [1.807, 2.05) is 55.7 Å². The van der Waals surface area contributed by atoms with Crippen LogP contribution in [0.2, 0.25) is 0 Å². The number of anilines is 1. The smallest absolute Gasteiger partial charge is 0.161 e. The number of imidazole rings is 1. The van der Waals surface area contributed by atoms with Gasteiger partial charge in [0.15, 0.2) is 11.5 Å². The van der Waals surface area contributed by atoms with E-state index in [4.69, 9.17) is 9.97 Å². The van der Waals surface area contributed by atoms with Crippen molar-refractivity contribution in [1.29, 1.82) is 0 Å². The fourth-order valence-electron chi connectivity index (χ4n) is 4.09. The summed E-state index contributed by atoms with van der Waals surface area (Å²) in [4.78, 5) is 24.2. The number of hydrogen-bond acceptors (Lipinski definition) is 6. The molecule has 0 saturated carbocycles. The van der Waals surface area contributed by atoms with Gasteiger partial charge in [0.25, 0.3) is 0 Å². The van der Waals surface area contributed by atoms with Gasteiger partial charge in [0.2, 0.25) is 0 Å². The van der Waals surface area contributed by atoms with Gasteiger partial charge in [-0.3, -0.25) is 15.1 Å². The van der Waals surface area contributed by atoms with Gasteiger partial charge in [-0.05, 0) is 37.3 Å². The van der Waals surface area contributed by atoms with E-state index in [1.165, 1.54) is 5.56 Å². The van der Waals surface area contributed by atoms with E-state index in [0.29, 0.717) is 11.5 Å². The number of aromatic amines is 2. The van der Waals surface area contributed by atoms with Gasteiger partial charge in [-0.25, -0.2) is 9.97 Å². The van der Waals surface area contributed by atoms with Crippen molar-refractivity contribution in [3.05, 3.63) is 72.7 Å². The van der Waals surface area contributed by atoms with Gasteiger partial charge in [-0.2, -0.15) is 5.10 Å². The van der Waals surface area contributed by atoms with Crippen LogP contribution in [-0.2, 0) is 0 Å².